The Morgan fingerprint density at radius 3 is 1.60 bits per heavy atom. The molecule has 0 fully saturated rings. The van der Waals surface area contributed by atoms with E-state index < -0.39 is 6.10 Å². The molecule has 0 aliphatic rings. The summed E-state index contributed by atoms with van der Waals surface area (Å²) in [6.07, 6.45) is 30.4. The summed E-state index contributed by atoms with van der Waals surface area (Å²) in [5, 5.41) is 19.9. The molecule has 0 rings (SSSR count). The highest BCUT2D eigenvalue weighted by atomic mass is 16.5. The topological polar surface area (TPSA) is 96.3 Å². The van der Waals surface area contributed by atoms with Crippen molar-refractivity contribution in [3.05, 3.63) is 0 Å². The highest BCUT2D eigenvalue weighted by molar-refractivity contribution is 5.69. The summed E-state index contributed by atoms with van der Waals surface area (Å²) < 4.78 is 11.3. The molecule has 0 aromatic rings. The second-order valence-corrected chi connectivity index (χ2v) is 14.3. The summed E-state index contributed by atoms with van der Waals surface area (Å²) in [7, 11) is 0. The predicted molar refractivity (Wildman–Crippen MR) is 201 cm³/mol. The van der Waals surface area contributed by atoms with Crippen LogP contribution in [0, 0.1) is 0 Å². The normalized spacial score (nSPS) is 12.2. The quantitative estimate of drug-likeness (QED) is 0.0494. The molecule has 0 aromatic carbocycles. The molecule has 0 aromatic heterocycles. The van der Waals surface area contributed by atoms with Gasteiger partial charge in [-0.25, -0.2) is 0 Å². The van der Waals surface area contributed by atoms with Crippen molar-refractivity contribution in [1.29, 1.82) is 0 Å². The Balaban J connectivity index is 4.21. The number of carbonyl (C=O) groups is 2. The highest BCUT2D eigenvalue weighted by Gasteiger charge is 2.15. The number of unbranched alkanes of at least 4 members (excludes halogenated alkanes) is 18. The van der Waals surface area contributed by atoms with Crippen LogP contribution in [-0.2, 0) is 19.1 Å². The van der Waals surface area contributed by atoms with Gasteiger partial charge < -0.3 is 24.6 Å². The molecule has 0 saturated heterocycles. The van der Waals surface area contributed by atoms with Gasteiger partial charge in [-0.05, 0) is 70.8 Å². The zero-order valence-corrected chi connectivity index (χ0v) is 32.2. The molecule has 1 unspecified atom stereocenters. The van der Waals surface area contributed by atoms with Gasteiger partial charge in [-0.1, -0.05) is 130 Å². The molecule has 0 amide bonds. The molecular weight excluding hydrogens is 602 g/mol. The zero-order chi connectivity index (χ0) is 35.3. The summed E-state index contributed by atoms with van der Waals surface area (Å²) >= 11 is 0. The van der Waals surface area contributed by atoms with Crippen molar-refractivity contribution in [2.45, 2.75) is 219 Å². The van der Waals surface area contributed by atoms with Crippen LogP contribution < -0.4 is 0 Å². The monoisotopic (exact) mass is 684 g/mol. The van der Waals surface area contributed by atoms with Crippen LogP contribution in [-0.4, -0.2) is 72.1 Å². The second kappa shape index (κ2) is 37.1. The SMILES string of the molecule is CCCCCCCCC(CCCCCCCC)OC(=O)CCCCCCCN(CCCO)CC(O)CCCC(=O)OCCCCCCC. The van der Waals surface area contributed by atoms with Gasteiger partial charge in [0.05, 0.1) is 12.7 Å². The number of rotatable bonds is 38. The average Bonchev–Trinajstić information content (AvgIpc) is 3.07. The molecule has 286 valence electrons. The molecule has 7 nitrogen and oxygen atoms in total. The molecule has 0 radical (unpaired) electrons. The van der Waals surface area contributed by atoms with Crippen molar-refractivity contribution in [2.24, 2.45) is 0 Å². The van der Waals surface area contributed by atoms with Gasteiger partial charge in [0, 0.05) is 32.5 Å². The van der Waals surface area contributed by atoms with E-state index in [4.69, 9.17) is 9.47 Å². The molecule has 0 aliphatic carbocycles. The lowest BCUT2D eigenvalue weighted by atomic mass is 10.0. The minimum absolute atomic E-state index is 0.0168. The van der Waals surface area contributed by atoms with Crippen LogP contribution in [0.25, 0.3) is 0 Å². The Bertz CT molecular complexity index is 674. The Morgan fingerprint density at radius 2 is 1.02 bits per heavy atom. The molecule has 1 atom stereocenters. The van der Waals surface area contributed by atoms with Crippen LogP contribution >= 0.6 is 0 Å². The maximum absolute atomic E-state index is 12.7. The van der Waals surface area contributed by atoms with Crippen LogP contribution in [0.1, 0.15) is 207 Å². The van der Waals surface area contributed by atoms with Crippen molar-refractivity contribution in [3.63, 3.8) is 0 Å². The van der Waals surface area contributed by atoms with Crippen LogP contribution in [0.4, 0.5) is 0 Å². The maximum Gasteiger partial charge on any atom is 0.306 e. The van der Waals surface area contributed by atoms with Gasteiger partial charge in [0.2, 0.25) is 0 Å². The standard InChI is InChI=1S/C41H81NO6/c1-4-7-10-13-16-21-29-39(30-22-17-14-11-8-5-2)48-41(46)31-23-18-15-19-24-33-42(34-27-35-43)37-38(44)28-26-32-40(45)47-36-25-20-12-9-6-3/h38-39,43-44H,4-37H2,1-3H3. The number of hydrogen-bond acceptors (Lipinski definition) is 7. The van der Waals surface area contributed by atoms with Gasteiger partial charge in [-0.15, -0.1) is 0 Å². The van der Waals surface area contributed by atoms with E-state index in [-0.39, 0.29) is 24.6 Å². The molecular formula is C41H81NO6. The first kappa shape index (κ1) is 46.8. The summed E-state index contributed by atoms with van der Waals surface area (Å²) in [4.78, 5) is 26.9. The fourth-order valence-electron chi connectivity index (χ4n) is 6.37. The van der Waals surface area contributed by atoms with E-state index in [9.17, 15) is 19.8 Å². The lowest BCUT2D eigenvalue weighted by Gasteiger charge is -2.25. The van der Waals surface area contributed by atoms with E-state index >= 15 is 0 Å². The number of ether oxygens (including phenoxy) is 2. The van der Waals surface area contributed by atoms with Crippen molar-refractivity contribution >= 4 is 11.9 Å². The average molecular weight is 684 g/mol. The van der Waals surface area contributed by atoms with Crippen LogP contribution in [0.5, 0.6) is 0 Å². The minimum Gasteiger partial charge on any atom is -0.466 e. The van der Waals surface area contributed by atoms with E-state index in [0.29, 0.717) is 45.3 Å². The van der Waals surface area contributed by atoms with Crippen LogP contribution in [0.15, 0.2) is 0 Å². The first-order valence-corrected chi connectivity index (χ1v) is 20.8. The summed E-state index contributed by atoms with van der Waals surface area (Å²) in [5.74, 6) is -0.180. The first-order chi connectivity index (χ1) is 23.5. The van der Waals surface area contributed by atoms with Crippen molar-refractivity contribution < 1.29 is 29.3 Å². The van der Waals surface area contributed by atoms with Gasteiger partial charge in [0.1, 0.15) is 6.10 Å². The van der Waals surface area contributed by atoms with E-state index in [0.717, 1.165) is 83.7 Å². The largest absolute Gasteiger partial charge is 0.466 e. The van der Waals surface area contributed by atoms with E-state index in [2.05, 4.69) is 25.7 Å². The lowest BCUT2D eigenvalue weighted by molar-refractivity contribution is -0.150. The number of aliphatic hydroxyl groups is 2. The van der Waals surface area contributed by atoms with Gasteiger partial charge in [-0.3, -0.25) is 9.59 Å². The van der Waals surface area contributed by atoms with Gasteiger partial charge in [-0.2, -0.15) is 0 Å². The molecule has 48 heavy (non-hydrogen) atoms. The molecule has 0 spiro atoms. The highest BCUT2D eigenvalue weighted by Crippen LogP contribution is 2.18. The number of aliphatic hydroxyl groups excluding tert-OH is 2. The Hall–Kier alpha value is -1.18. The fraction of sp³-hybridized carbons (Fsp3) is 0.951. The van der Waals surface area contributed by atoms with Gasteiger partial charge >= 0.3 is 11.9 Å². The molecule has 0 aliphatic heterocycles. The van der Waals surface area contributed by atoms with E-state index in [1.165, 1.54) is 83.5 Å². The molecule has 0 heterocycles. The zero-order valence-electron chi connectivity index (χ0n) is 32.2. The number of esters is 2. The molecule has 2 N–H and O–H groups in total. The van der Waals surface area contributed by atoms with Gasteiger partial charge in [0.25, 0.3) is 0 Å². The van der Waals surface area contributed by atoms with Crippen molar-refractivity contribution in [3.8, 4) is 0 Å². The van der Waals surface area contributed by atoms with Crippen LogP contribution in [0.2, 0.25) is 0 Å². The smallest absolute Gasteiger partial charge is 0.306 e. The third-order valence-corrected chi connectivity index (χ3v) is 9.44. The fourth-order valence-corrected chi connectivity index (χ4v) is 6.37. The van der Waals surface area contributed by atoms with E-state index in [1.54, 1.807) is 0 Å². The molecule has 7 heteroatoms. The van der Waals surface area contributed by atoms with E-state index in [1.807, 2.05) is 0 Å². The molecule has 0 bridgehead atoms. The Morgan fingerprint density at radius 1 is 0.542 bits per heavy atom. The predicted octanol–water partition coefficient (Wildman–Crippen LogP) is 10.5. The Labute approximate surface area is 297 Å². The lowest BCUT2D eigenvalue weighted by Crippen LogP contribution is -2.34. The summed E-state index contributed by atoms with van der Waals surface area (Å²) in [6.45, 7) is 9.55. The summed E-state index contributed by atoms with van der Waals surface area (Å²) in [5.41, 5.74) is 0. The number of carbonyl (C=O) groups excluding carboxylic acids is 2. The third kappa shape index (κ3) is 33.3. The van der Waals surface area contributed by atoms with Crippen LogP contribution in [0.3, 0.4) is 0 Å². The summed E-state index contributed by atoms with van der Waals surface area (Å²) in [6, 6.07) is 0. The second-order valence-electron chi connectivity index (χ2n) is 14.3. The van der Waals surface area contributed by atoms with Crippen molar-refractivity contribution in [1.82, 2.24) is 4.90 Å². The Kier molecular flexibility index (Phi) is 36.2. The first-order valence-electron chi connectivity index (χ1n) is 20.8. The third-order valence-electron chi connectivity index (χ3n) is 9.44. The minimum atomic E-state index is -0.484. The molecule has 0 saturated carbocycles. The number of hydrogen-bond donors (Lipinski definition) is 2. The number of nitrogens with zero attached hydrogens (tertiary/aromatic N) is 1. The maximum atomic E-state index is 12.7. The van der Waals surface area contributed by atoms with Gasteiger partial charge in [0.15, 0.2) is 0 Å². The van der Waals surface area contributed by atoms with Crippen molar-refractivity contribution in [2.75, 3.05) is 32.8 Å².